The molecule has 0 amide bonds. The van der Waals surface area contributed by atoms with Crippen molar-refractivity contribution in [3.8, 4) is 0 Å². The fourth-order valence-electron chi connectivity index (χ4n) is 0.289. The molecule has 0 N–H and O–H groups in total. The second-order valence-corrected chi connectivity index (χ2v) is 12.3. The third-order valence-electron chi connectivity index (χ3n) is 1.19. The third-order valence-corrected chi connectivity index (χ3v) is 7.29. The van der Waals surface area contributed by atoms with E-state index in [1.54, 1.807) is 0 Å². The fraction of sp³-hybridized carbons (Fsp3) is 1.00. The molecule has 5 heteroatoms. The van der Waals surface area contributed by atoms with E-state index in [2.05, 4.69) is 13.8 Å². The van der Waals surface area contributed by atoms with E-state index in [9.17, 15) is 0 Å². The highest BCUT2D eigenvalue weighted by Crippen LogP contribution is 2.00. The summed E-state index contributed by atoms with van der Waals surface area (Å²) < 4.78 is 0. The summed E-state index contributed by atoms with van der Waals surface area (Å²) >= 11 is -1.89. The van der Waals surface area contributed by atoms with Crippen LogP contribution in [-0.4, -0.2) is 25.5 Å². The van der Waals surface area contributed by atoms with E-state index in [0.29, 0.717) is 0 Å². The highest BCUT2D eigenvalue weighted by Gasteiger charge is 2.05. The Hall–Kier alpha value is 1.93. The summed E-state index contributed by atoms with van der Waals surface area (Å²) in [5, 5.41) is 3.44. The lowest BCUT2D eigenvalue weighted by Gasteiger charge is -1.86. The van der Waals surface area contributed by atoms with Crippen molar-refractivity contribution in [1.29, 1.82) is 0 Å². The van der Waals surface area contributed by atoms with Crippen molar-refractivity contribution in [2.75, 3.05) is 0 Å². The highest BCUT2D eigenvalue weighted by molar-refractivity contribution is 7.33. The van der Waals surface area contributed by atoms with E-state index < -0.39 is 25.5 Å². The molecule has 0 aliphatic rings. The Morgan fingerprint density at radius 3 is 1.09 bits per heavy atom. The average Bonchev–Trinajstić information content (AvgIpc) is 2.04. The van der Waals surface area contributed by atoms with E-state index in [-0.39, 0.29) is 0 Å². The zero-order valence-corrected chi connectivity index (χ0v) is 12.0. The van der Waals surface area contributed by atoms with E-state index in [0.717, 1.165) is 5.28 Å². The number of hydrogen-bond acceptors (Lipinski definition) is 0. The van der Waals surface area contributed by atoms with Crippen molar-refractivity contribution in [3.63, 3.8) is 0 Å². The molecule has 0 aromatic rings. The highest BCUT2D eigenvalue weighted by atomic mass is 35.7. The summed E-state index contributed by atoms with van der Waals surface area (Å²) in [7, 11) is 16.5. The first-order valence-corrected chi connectivity index (χ1v) is 11.7. The SMILES string of the molecule is C[CH2][Al]([Cl])[CH2]C.C[CH2][Al]([Cl])[Cl]. The van der Waals surface area contributed by atoms with Crippen LogP contribution in [0.4, 0.5) is 0 Å². The Balaban J connectivity index is 0. The van der Waals surface area contributed by atoms with Crippen LogP contribution >= 0.6 is 30.1 Å². The molecule has 0 aliphatic carbocycles. The molecule has 0 atom stereocenters. The normalized spacial score (nSPS) is 8.18. The van der Waals surface area contributed by atoms with Crippen molar-refractivity contribution >= 4 is 55.7 Å². The zero-order chi connectivity index (χ0) is 9.28. The Morgan fingerprint density at radius 1 is 0.818 bits per heavy atom. The van der Waals surface area contributed by atoms with E-state index in [4.69, 9.17) is 30.1 Å². The van der Waals surface area contributed by atoms with Crippen molar-refractivity contribution in [3.05, 3.63) is 0 Å². The molecule has 0 saturated carbocycles. The van der Waals surface area contributed by atoms with Crippen LogP contribution in [0.25, 0.3) is 0 Å². The molecule has 0 bridgehead atoms. The number of rotatable bonds is 3. The van der Waals surface area contributed by atoms with E-state index in [1.807, 2.05) is 6.92 Å². The summed E-state index contributed by atoms with van der Waals surface area (Å²) in [6, 6.07) is 0. The van der Waals surface area contributed by atoms with Gasteiger partial charge in [0.05, 0.1) is 0 Å². The van der Waals surface area contributed by atoms with Gasteiger partial charge in [-0.15, -0.1) is 0 Å². The third kappa shape index (κ3) is 18.7. The van der Waals surface area contributed by atoms with Crippen LogP contribution in [0.15, 0.2) is 0 Å². The van der Waals surface area contributed by atoms with Crippen LogP contribution in [-0.2, 0) is 0 Å². The first kappa shape index (κ1) is 15.4. The molecule has 0 aliphatic heterocycles. The first-order chi connectivity index (χ1) is 5.08. The topological polar surface area (TPSA) is 0 Å². The summed E-state index contributed by atoms with van der Waals surface area (Å²) in [5.74, 6) is 0. The molecule has 0 fully saturated rings. The maximum absolute atomic E-state index is 5.79. The van der Waals surface area contributed by atoms with Gasteiger partial charge in [0, 0.05) is 0 Å². The summed E-state index contributed by atoms with van der Waals surface area (Å²) in [4.78, 5) is 0. The minimum absolute atomic E-state index is 0.688. The van der Waals surface area contributed by atoms with Gasteiger partial charge in [0.25, 0.3) is 0 Å². The number of hydrogen-bond donors (Lipinski definition) is 0. The van der Waals surface area contributed by atoms with Crippen molar-refractivity contribution in [1.82, 2.24) is 0 Å². The molecular formula is C6H15Al2Cl3. The average molecular weight is 248 g/mol. The smallest absolute Gasteiger partial charge is 0.261 e. The molecule has 0 aromatic heterocycles. The molecule has 0 spiro atoms. The minimum Gasteiger partial charge on any atom is -0.261 e. The molecule has 0 saturated heterocycles. The standard InChI is InChI=1S/3C2H5.2Al.3ClH/c3*1-2;;;;;/h3*1H2,2H3;;;3*1H/q;;;+1;+2;;;/p-3. The Morgan fingerprint density at radius 2 is 1.09 bits per heavy atom. The van der Waals surface area contributed by atoms with Gasteiger partial charge in [0.2, 0.25) is 0 Å². The van der Waals surface area contributed by atoms with Crippen LogP contribution < -0.4 is 0 Å². The Labute approximate surface area is 91.6 Å². The minimum atomic E-state index is -1.21. The molecule has 66 valence electrons. The summed E-state index contributed by atoms with van der Waals surface area (Å²) in [5.41, 5.74) is 0. The maximum Gasteiger partial charge on any atom is 0.519 e. The lowest BCUT2D eigenvalue weighted by atomic mass is 10.9. The monoisotopic (exact) mass is 246 g/mol. The molecule has 0 nitrogen and oxygen atoms in total. The van der Waals surface area contributed by atoms with Gasteiger partial charge in [0.15, 0.2) is 0 Å². The Kier molecular flexibility index (Phi) is 16.7. The van der Waals surface area contributed by atoms with Gasteiger partial charge >= 0.3 is 25.5 Å². The van der Waals surface area contributed by atoms with Gasteiger partial charge in [-0.3, -0.25) is 10.0 Å². The quantitative estimate of drug-likeness (QED) is 0.655. The fourth-order valence-corrected chi connectivity index (χ4v) is 0.866. The lowest BCUT2D eigenvalue weighted by molar-refractivity contribution is 1.35. The van der Waals surface area contributed by atoms with Crippen LogP contribution in [0.1, 0.15) is 20.8 Å². The van der Waals surface area contributed by atoms with E-state index in [1.165, 1.54) is 10.6 Å². The molecule has 0 radical (unpaired) electrons. The zero-order valence-electron chi connectivity index (χ0n) is 7.41. The molecule has 0 heterocycles. The molecule has 11 heavy (non-hydrogen) atoms. The van der Waals surface area contributed by atoms with Crippen molar-refractivity contribution in [2.45, 2.75) is 36.6 Å². The van der Waals surface area contributed by atoms with Crippen LogP contribution in [0.3, 0.4) is 0 Å². The molecule has 0 aromatic carbocycles. The van der Waals surface area contributed by atoms with Gasteiger partial charge in [-0.2, -0.15) is 0 Å². The van der Waals surface area contributed by atoms with Gasteiger partial charge < -0.3 is 0 Å². The Bertz CT molecular complexity index is 66.8. The van der Waals surface area contributed by atoms with Gasteiger partial charge in [-0.1, -0.05) is 36.6 Å². The van der Waals surface area contributed by atoms with Gasteiger partial charge in [0.1, 0.15) is 0 Å². The lowest BCUT2D eigenvalue weighted by Crippen LogP contribution is -1.95. The van der Waals surface area contributed by atoms with Crippen LogP contribution in [0.2, 0.25) is 15.8 Å². The van der Waals surface area contributed by atoms with Gasteiger partial charge in [-0.05, 0) is 0 Å². The van der Waals surface area contributed by atoms with E-state index >= 15 is 0 Å². The van der Waals surface area contributed by atoms with Crippen molar-refractivity contribution in [2.24, 2.45) is 0 Å². The predicted molar refractivity (Wildman–Crippen MR) is 60.5 cm³/mol. The van der Waals surface area contributed by atoms with Crippen molar-refractivity contribution < 1.29 is 0 Å². The first-order valence-electron chi connectivity index (χ1n) is 4.00. The second kappa shape index (κ2) is 11.9. The summed E-state index contributed by atoms with van der Waals surface area (Å²) in [6.45, 7) is 6.32. The number of halogens is 3. The molecule has 0 unspecified atom stereocenters. The second-order valence-electron chi connectivity index (χ2n) is 2.21. The van der Waals surface area contributed by atoms with Crippen LogP contribution in [0, 0.1) is 0 Å². The predicted octanol–water partition coefficient (Wildman–Crippen LogP) is 4.23. The van der Waals surface area contributed by atoms with Crippen LogP contribution in [0.5, 0.6) is 0 Å². The molecule has 0 rings (SSSR count). The maximum atomic E-state index is 5.79. The summed E-state index contributed by atoms with van der Waals surface area (Å²) in [6.07, 6.45) is 0. The van der Waals surface area contributed by atoms with Gasteiger partial charge in [-0.25, -0.2) is 20.1 Å². The largest absolute Gasteiger partial charge is 0.519 e. The molecular weight excluding hydrogens is 232 g/mol.